The molecule has 2 aliphatic heterocycles. The number of hydrogen-bond acceptors (Lipinski definition) is 5. The smallest absolute Gasteiger partial charge is 0.303 e. The zero-order chi connectivity index (χ0) is 13.9. The average molecular weight is 277 g/mol. The molecule has 1 aromatic carbocycles. The number of oxime groups is 1. The minimum absolute atomic E-state index is 0.0285. The van der Waals surface area contributed by atoms with Crippen LogP contribution >= 0.6 is 0 Å². The van der Waals surface area contributed by atoms with Crippen LogP contribution in [0.15, 0.2) is 23.4 Å². The van der Waals surface area contributed by atoms with E-state index >= 15 is 0 Å². The van der Waals surface area contributed by atoms with E-state index in [1.54, 1.807) is 0 Å². The summed E-state index contributed by atoms with van der Waals surface area (Å²) in [5.41, 5.74) is 1.91. The van der Waals surface area contributed by atoms with Crippen LogP contribution in [0, 0.1) is 0 Å². The molecule has 6 nitrogen and oxygen atoms in total. The molecule has 0 aliphatic carbocycles. The minimum atomic E-state index is -0.813. The normalized spacial score (nSPS) is 19.6. The van der Waals surface area contributed by atoms with E-state index < -0.39 is 5.97 Å². The molecule has 1 atom stereocenters. The van der Waals surface area contributed by atoms with Crippen molar-refractivity contribution in [2.75, 3.05) is 6.79 Å². The van der Waals surface area contributed by atoms with Crippen molar-refractivity contribution in [2.24, 2.45) is 5.16 Å². The number of aliphatic carboxylic acids is 1. The Morgan fingerprint density at radius 3 is 3.05 bits per heavy atom. The Morgan fingerprint density at radius 1 is 1.35 bits per heavy atom. The van der Waals surface area contributed by atoms with Crippen LogP contribution in [0.25, 0.3) is 0 Å². The van der Waals surface area contributed by atoms with Gasteiger partial charge in [0.05, 0.1) is 12.1 Å². The van der Waals surface area contributed by atoms with Crippen LogP contribution in [0.4, 0.5) is 0 Å². The highest BCUT2D eigenvalue weighted by Crippen LogP contribution is 2.33. The Morgan fingerprint density at radius 2 is 2.20 bits per heavy atom. The van der Waals surface area contributed by atoms with Crippen molar-refractivity contribution in [3.8, 4) is 11.5 Å². The second-order valence-electron chi connectivity index (χ2n) is 4.87. The molecule has 0 amide bonds. The molecule has 0 fully saturated rings. The predicted octanol–water partition coefficient (Wildman–Crippen LogP) is 1.97. The summed E-state index contributed by atoms with van der Waals surface area (Å²) in [6.45, 7) is 0.265. The van der Waals surface area contributed by atoms with Crippen molar-refractivity contribution in [2.45, 2.75) is 31.8 Å². The molecular weight excluding hydrogens is 262 g/mol. The number of rotatable bonds is 5. The lowest BCUT2D eigenvalue weighted by molar-refractivity contribution is -0.136. The summed E-state index contributed by atoms with van der Waals surface area (Å²) in [5.74, 6) is 0.707. The molecule has 0 saturated carbocycles. The average Bonchev–Trinajstić information content (AvgIpc) is 3.04. The summed E-state index contributed by atoms with van der Waals surface area (Å²) in [6.07, 6.45) is 1.92. The van der Waals surface area contributed by atoms with Gasteiger partial charge in [-0.05, 0) is 24.1 Å². The van der Waals surface area contributed by atoms with Gasteiger partial charge in [0.2, 0.25) is 6.79 Å². The molecule has 0 saturated heterocycles. The Labute approximate surface area is 115 Å². The first kappa shape index (κ1) is 12.8. The van der Waals surface area contributed by atoms with Gasteiger partial charge in [-0.3, -0.25) is 4.79 Å². The quantitative estimate of drug-likeness (QED) is 0.890. The third kappa shape index (κ3) is 2.84. The highest BCUT2D eigenvalue weighted by Gasteiger charge is 2.23. The van der Waals surface area contributed by atoms with E-state index in [0.717, 1.165) is 29.2 Å². The number of carbonyl (C=O) groups is 1. The summed E-state index contributed by atoms with van der Waals surface area (Å²) in [7, 11) is 0. The molecule has 1 N–H and O–H groups in total. The molecular formula is C14H15NO5. The van der Waals surface area contributed by atoms with E-state index in [1.165, 1.54) is 0 Å². The largest absolute Gasteiger partial charge is 0.481 e. The second kappa shape index (κ2) is 5.40. The fourth-order valence-corrected chi connectivity index (χ4v) is 2.33. The Balaban J connectivity index is 1.54. The molecule has 0 radical (unpaired) electrons. The van der Waals surface area contributed by atoms with Gasteiger partial charge in [-0.15, -0.1) is 0 Å². The van der Waals surface area contributed by atoms with Crippen LogP contribution < -0.4 is 9.47 Å². The summed E-state index contributed by atoms with van der Waals surface area (Å²) in [6, 6.07) is 5.81. The topological polar surface area (TPSA) is 77.4 Å². The molecule has 2 aliphatic rings. The van der Waals surface area contributed by atoms with Crippen molar-refractivity contribution in [1.29, 1.82) is 0 Å². The molecule has 6 heteroatoms. The number of ether oxygens (including phenoxy) is 2. The minimum Gasteiger partial charge on any atom is -0.481 e. The Bertz CT molecular complexity index is 554. The maximum absolute atomic E-state index is 10.5. The molecule has 0 aromatic heterocycles. The van der Waals surface area contributed by atoms with E-state index in [0.29, 0.717) is 12.8 Å². The SMILES string of the molecule is O=C(O)CCC1=NOC(Cc2ccc3c(c2)OCO3)C1. The molecule has 3 rings (SSSR count). The lowest BCUT2D eigenvalue weighted by Gasteiger charge is -2.08. The first-order valence-electron chi connectivity index (χ1n) is 6.52. The van der Waals surface area contributed by atoms with Gasteiger partial charge in [0, 0.05) is 12.8 Å². The van der Waals surface area contributed by atoms with Crippen molar-refractivity contribution in [3.63, 3.8) is 0 Å². The third-order valence-corrected chi connectivity index (χ3v) is 3.32. The molecule has 0 spiro atoms. The van der Waals surface area contributed by atoms with Crippen molar-refractivity contribution in [1.82, 2.24) is 0 Å². The monoisotopic (exact) mass is 277 g/mol. The highest BCUT2D eigenvalue weighted by molar-refractivity contribution is 5.88. The van der Waals surface area contributed by atoms with Gasteiger partial charge in [0.25, 0.3) is 0 Å². The van der Waals surface area contributed by atoms with Crippen LogP contribution in [0.1, 0.15) is 24.8 Å². The van der Waals surface area contributed by atoms with E-state index in [-0.39, 0.29) is 19.3 Å². The summed E-state index contributed by atoms with van der Waals surface area (Å²) in [5, 5.41) is 12.6. The number of benzene rings is 1. The molecule has 1 unspecified atom stereocenters. The maximum atomic E-state index is 10.5. The van der Waals surface area contributed by atoms with Gasteiger partial charge in [0.15, 0.2) is 11.5 Å². The molecule has 0 bridgehead atoms. The van der Waals surface area contributed by atoms with Crippen LogP contribution in [0.3, 0.4) is 0 Å². The Hall–Kier alpha value is -2.24. The van der Waals surface area contributed by atoms with E-state index in [2.05, 4.69) is 5.16 Å². The standard InChI is InChI=1S/C14H15NO5/c16-14(17)4-2-10-7-11(20-15-10)5-9-1-3-12-13(6-9)19-8-18-12/h1,3,6,11H,2,4-5,7-8H2,(H,16,17). The second-order valence-corrected chi connectivity index (χ2v) is 4.87. The number of hydrogen-bond donors (Lipinski definition) is 1. The molecule has 2 heterocycles. The van der Waals surface area contributed by atoms with Crippen LogP contribution in [-0.4, -0.2) is 29.7 Å². The van der Waals surface area contributed by atoms with Crippen LogP contribution in [-0.2, 0) is 16.1 Å². The fraction of sp³-hybridized carbons (Fsp3) is 0.429. The summed E-state index contributed by atoms with van der Waals surface area (Å²) in [4.78, 5) is 15.9. The maximum Gasteiger partial charge on any atom is 0.303 e. The van der Waals surface area contributed by atoms with E-state index in [4.69, 9.17) is 19.4 Å². The zero-order valence-electron chi connectivity index (χ0n) is 10.9. The van der Waals surface area contributed by atoms with Crippen molar-refractivity contribution < 1.29 is 24.2 Å². The van der Waals surface area contributed by atoms with Gasteiger partial charge in [-0.25, -0.2) is 0 Å². The summed E-state index contributed by atoms with van der Waals surface area (Å²) >= 11 is 0. The number of fused-ring (bicyclic) bond motifs is 1. The van der Waals surface area contributed by atoms with Gasteiger partial charge < -0.3 is 19.4 Å². The number of carboxylic acids is 1. The fourth-order valence-electron chi connectivity index (χ4n) is 2.33. The predicted molar refractivity (Wildman–Crippen MR) is 70.1 cm³/mol. The molecule has 1 aromatic rings. The lowest BCUT2D eigenvalue weighted by atomic mass is 10.0. The van der Waals surface area contributed by atoms with E-state index in [1.807, 2.05) is 18.2 Å². The van der Waals surface area contributed by atoms with Gasteiger partial charge >= 0.3 is 5.97 Å². The van der Waals surface area contributed by atoms with Gasteiger partial charge in [0.1, 0.15) is 6.10 Å². The van der Waals surface area contributed by atoms with Crippen LogP contribution in [0.2, 0.25) is 0 Å². The zero-order valence-corrected chi connectivity index (χ0v) is 10.9. The van der Waals surface area contributed by atoms with Crippen molar-refractivity contribution >= 4 is 11.7 Å². The van der Waals surface area contributed by atoms with Crippen LogP contribution in [0.5, 0.6) is 11.5 Å². The number of carboxylic acid groups (broad SMARTS) is 1. The first-order valence-corrected chi connectivity index (χ1v) is 6.52. The van der Waals surface area contributed by atoms with Crippen molar-refractivity contribution in [3.05, 3.63) is 23.8 Å². The summed E-state index contributed by atoms with van der Waals surface area (Å²) < 4.78 is 10.6. The number of nitrogens with zero attached hydrogens (tertiary/aromatic N) is 1. The highest BCUT2D eigenvalue weighted by atomic mass is 16.7. The Kier molecular flexibility index (Phi) is 3.45. The van der Waals surface area contributed by atoms with E-state index in [9.17, 15) is 4.79 Å². The third-order valence-electron chi connectivity index (χ3n) is 3.32. The van der Waals surface area contributed by atoms with Gasteiger partial charge in [-0.2, -0.15) is 0 Å². The lowest BCUT2D eigenvalue weighted by Crippen LogP contribution is -2.12. The van der Waals surface area contributed by atoms with Gasteiger partial charge in [-0.1, -0.05) is 11.2 Å². The molecule has 20 heavy (non-hydrogen) atoms. The molecule has 106 valence electrons. The first-order chi connectivity index (χ1) is 9.70.